The molecule has 0 spiro atoms. The second kappa shape index (κ2) is 9.75. The fourth-order valence-corrected chi connectivity index (χ4v) is 1.71. The minimum absolute atomic E-state index is 0.241. The molecule has 0 aliphatic rings. The lowest BCUT2D eigenvalue weighted by Crippen LogP contribution is -2.06. The number of ether oxygens (including phenoxy) is 2. The van der Waals surface area contributed by atoms with E-state index in [0.717, 1.165) is 24.8 Å². The SMILES string of the molecule is CC(=O)OCCCCC=C(C)COC(=O)c1ccccc1. The molecule has 0 saturated carbocycles. The normalized spacial score (nSPS) is 11.0. The largest absolute Gasteiger partial charge is 0.466 e. The molecule has 4 nitrogen and oxygen atoms in total. The van der Waals surface area contributed by atoms with Crippen LogP contribution in [0.25, 0.3) is 0 Å². The minimum atomic E-state index is -0.307. The summed E-state index contributed by atoms with van der Waals surface area (Å²) in [6.45, 7) is 4.11. The summed E-state index contributed by atoms with van der Waals surface area (Å²) in [6.07, 6.45) is 4.71. The Balaban J connectivity index is 2.18. The predicted molar refractivity (Wildman–Crippen MR) is 81.0 cm³/mol. The van der Waals surface area contributed by atoms with Crippen molar-refractivity contribution < 1.29 is 19.1 Å². The third-order valence-electron chi connectivity index (χ3n) is 2.84. The summed E-state index contributed by atoms with van der Waals surface area (Å²) in [5.41, 5.74) is 1.58. The van der Waals surface area contributed by atoms with Gasteiger partial charge in [0.1, 0.15) is 6.61 Å². The fourth-order valence-electron chi connectivity index (χ4n) is 1.71. The molecule has 0 N–H and O–H groups in total. The van der Waals surface area contributed by atoms with Gasteiger partial charge in [-0.15, -0.1) is 0 Å². The first-order valence-electron chi connectivity index (χ1n) is 7.11. The molecule has 0 fully saturated rings. The third kappa shape index (κ3) is 7.92. The van der Waals surface area contributed by atoms with Gasteiger partial charge in [0.05, 0.1) is 12.2 Å². The number of esters is 2. The van der Waals surface area contributed by atoms with Crippen molar-refractivity contribution in [3.05, 3.63) is 47.5 Å². The van der Waals surface area contributed by atoms with Crippen LogP contribution in [0.1, 0.15) is 43.5 Å². The van der Waals surface area contributed by atoms with Crippen molar-refractivity contribution in [3.8, 4) is 0 Å². The average molecular weight is 290 g/mol. The quantitative estimate of drug-likeness (QED) is 0.417. The molecule has 1 aromatic rings. The van der Waals surface area contributed by atoms with Gasteiger partial charge in [-0.3, -0.25) is 4.79 Å². The van der Waals surface area contributed by atoms with Gasteiger partial charge < -0.3 is 9.47 Å². The predicted octanol–water partition coefficient (Wildman–Crippen LogP) is 3.52. The second-order valence-corrected chi connectivity index (χ2v) is 4.83. The van der Waals surface area contributed by atoms with Crippen LogP contribution < -0.4 is 0 Å². The number of carbonyl (C=O) groups excluding carboxylic acids is 2. The van der Waals surface area contributed by atoms with Gasteiger partial charge >= 0.3 is 11.9 Å². The monoisotopic (exact) mass is 290 g/mol. The highest BCUT2D eigenvalue weighted by Gasteiger charge is 2.05. The third-order valence-corrected chi connectivity index (χ3v) is 2.84. The summed E-state index contributed by atoms with van der Waals surface area (Å²) >= 11 is 0. The lowest BCUT2D eigenvalue weighted by Gasteiger charge is -2.05. The number of hydrogen-bond donors (Lipinski definition) is 0. The van der Waals surface area contributed by atoms with Gasteiger partial charge in [-0.25, -0.2) is 4.79 Å². The zero-order chi connectivity index (χ0) is 15.5. The van der Waals surface area contributed by atoms with Crippen molar-refractivity contribution in [2.75, 3.05) is 13.2 Å². The van der Waals surface area contributed by atoms with Crippen LogP contribution in [0.15, 0.2) is 42.0 Å². The molecular formula is C17H22O4. The Morgan fingerprint density at radius 2 is 1.76 bits per heavy atom. The van der Waals surface area contributed by atoms with E-state index in [9.17, 15) is 9.59 Å². The topological polar surface area (TPSA) is 52.6 Å². The van der Waals surface area contributed by atoms with Crippen molar-refractivity contribution in [1.82, 2.24) is 0 Å². The Hall–Kier alpha value is -2.10. The molecule has 0 aliphatic heterocycles. The molecule has 0 heterocycles. The van der Waals surface area contributed by atoms with Crippen LogP contribution in [-0.4, -0.2) is 25.2 Å². The van der Waals surface area contributed by atoms with Crippen LogP contribution in [0.2, 0.25) is 0 Å². The number of carbonyl (C=O) groups is 2. The molecule has 114 valence electrons. The molecule has 0 bridgehead atoms. The van der Waals surface area contributed by atoms with Gasteiger partial charge in [0, 0.05) is 6.92 Å². The summed E-state index contributed by atoms with van der Waals surface area (Å²) in [4.78, 5) is 22.3. The van der Waals surface area contributed by atoms with Crippen LogP contribution in [0, 0.1) is 0 Å². The maximum atomic E-state index is 11.7. The molecule has 0 radical (unpaired) electrons. The second-order valence-electron chi connectivity index (χ2n) is 4.83. The van der Waals surface area contributed by atoms with Gasteiger partial charge in [0.25, 0.3) is 0 Å². The highest BCUT2D eigenvalue weighted by atomic mass is 16.5. The Morgan fingerprint density at radius 3 is 2.43 bits per heavy atom. The van der Waals surface area contributed by atoms with E-state index in [1.807, 2.05) is 31.2 Å². The van der Waals surface area contributed by atoms with E-state index < -0.39 is 0 Å². The molecule has 0 saturated heterocycles. The minimum Gasteiger partial charge on any atom is -0.466 e. The van der Waals surface area contributed by atoms with Crippen LogP contribution in [0.3, 0.4) is 0 Å². The summed E-state index contributed by atoms with van der Waals surface area (Å²) in [5, 5.41) is 0. The number of unbranched alkanes of at least 4 members (excludes halogenated alkanes) is 2. The van der Waals surface area contributed by atoms with Gasteiger partial charge in [0.2, 0.25) is 0 Å². The molecule has 0 amide bonds. The van der Waals surface area contributed by atoms with E-state index in [-0.39, 0.29) is 11.9 Å². The summed E-state index contributed by atoms with van der Waals surface area (Å²) < 4.78 is 10.1. The Morgan fingerprint density at radius 1 is 1.05 bits per heavy atom. The molecule has 0 aromatic heterocycles. The number of benzene rings is 1. The van der Waals surface area contributed by atoms with E-state index in [0.29, 0.717) is 18.8 Å². The van der Waals surface area contributed by atoms with Crippen LogP contribution in [0.4, 0.5) is 0 Å². The van der Waals surface area contributed by atoms with Crippen LogP contribution >= 0.6 is 0 Å². The molecule has 21 heavy (non-hydrogen) atoms. The van der Waals surface area contributed by atoms with Gasteiger partial charge in [0.15, 0.2) is 0 Å². The fraction of sp³-hybridized carbons (Fsp3) is 0.412. The molecule has 0 aliphatic carbocycles. The van der Waals surface area contributed by atoms with E-state index in [2.05, 4.69) is 0 Å². The van der Waals surface area contributed by atoms with E-state index in [1.165, 1.54) is 6.92 Å². The molecule has 0 unspecified atom stereocenters. The first-order valence-corrected chi connectivity index (χ1v) is 7.11. The lowest BCUT2D eigenvalue weighted by atomic mass is 10.2. The van der Waals surface area contributed by atoms with Crippen LogP contribution in [0.5, 0.6) is 0 Å². The summed E-state index contributed by atoms with van der Waals surface area (Å²) in [7, 11) is 0. The van der Waals surface area contributed by atoms with Crippen molar-refractivity contribution in [2.24, 2.45) is 0 Å². The maximum absolute atomic E-state index is 11.7. The zero-order valence-corrected chi connectivity index (χ0v) is 12.6. The summed E-state index contributed by atoms with van der Waals surface area (Å²) in [6, 6.07) is 8.94. The first-order chi connectivity index (χ1) is 10.1. The highest BCUT2D eigenvalue weighted by molar-refractivity contribution is 5.89. The first kappa shape index (κ1) is 17.0. The molecular weight excluding hydrogens is 268 g/mol. The van der Waals surface area contributed by atoms with Crippen molar-refractivity contribution in [3.63, 3.8) is 0 Å². The Bertz CT molecular complexity index is 477. The molecule has 1 aromatic carbocycles. The number of rotatable bonds is 8. The lowest BCUT2D eigenvalue weighted by molar-refractivity contribution is -0.141. The highest BCUT2D eigenvalue weighted by Crippen LogP contribution is 2.05. The smallest absolute Gasteiger partial charge is 0.338 e. The van der Waals surface area contributed by atoms with E-state index in [4.69, 9.17) is 9.47 Å². The van der Waals surface area contributed by atoms with Crippen LogP contribution in [-0.2, 0) is 14.3 Å². The standard InChI is InChI=1S/C17H22O4/c1-14(9-5-4-8-12-20-15(2)18)13-21-17(19)16-10-6-3-7-11-16/h3,6-7,9-11H,4-5,8,12-13H2,1-2H3. The number of allylic oxidation sites excluding steroid dienone is 1. The molecule has 1 rings (SSSR count). The van der Waals surface area contributed by atoms with E-state index >= 15 is 0 Å². The van der Waals surface area contributed by atoms with E-state index in [1.54, 1.807) is 12.1 Å². The van der Waals surface area contributed by atoms with Gasteiger partial charge in [-0.05, 0) is 43.9 Å². The number of hydrogen-bond acceptors (Lipinski definition) is 4. The zero-order valence-electron chi connectivity index (χ0n) is 12.6. The van der Waals surface area contributed by atoms with Gasteiger partial charge in [-0.1, -0.05) is 24.3 Å². The molecule has 4 heteroatoms. The average Bonchev–Trinajstić information content (AvgIpc) is 2.49. The Labute approximate surface area is 125 Å². The molecule has 0 atom stereocenters. The van der Waals surface area contributed by atoms with Crippen molar-refractivity contribution in [2.45, 2.75) is 33.1 Å². The van der Waals surface area contributed by atoms with Crippen molar-refractivity contribution in [1.29, 1.82) is 0 Å². The summed E-state index contributed by atoms with van der Waals surface area (Å²) in [5.74, 6) is -0.548. The Kier molecular flexibility index (Phi) is 7.87. The maximum Gasteiger partial charge on any atom is 0.338 e. The van der Waals surface area contributed by atoms with Crippen molar-refractivity contribution >= 4 is 11.9 Å². The van der Waals surface area contributed by atoms with Gasteiger partial charge in [-0.2, -0.15) is 0 Å².